The first-order valence-corrected chi connectivity index (χ1v) is 3.26. The van der Waals surface area contributed by atoms with Gasteiger partial charge in [-0.05, 0) is 5.56 Å². The van der Waals surface area contributed by atoms with Crippen molar-refractivity contribution < 1.29 is 5.11 Å². The fraction of sp³-hybridized carbons (Fsp3) is 0.250. The van der Waals surface area contributed by atoms with Crippen molar-refractivity contribution in [3.8, 4) is 0 Å². The topological polar surface area (TPSA) is 46.2 Å². The molecule has 3 N–H and O–H groups in total. The standard InChI is InChI=1S/C8H11NO.ClH/c9-8(10)6-7-4-2-1-3-5-7;/h1-5,8,10H,6,9H2;1H. The molecular formula is C8H12ClNO. The van der Waals surface area contributed by atoms with E-state index in [0.717, 1.165) is 5.56 Å². The Morgan fingerprint density at radius 3 is 2.27 bits per heavy atom. The van der Waals surface area contributed by atoms with Crippen LogP contribution in [0.15, 0.2) is 30.3 Å². The number of hydrogen-bond acceptors (Lipinski definition) is 2. The smallest absolute Gasteiger partial charge is 0.106 e. The highest BCUT2D eigenvalue weighted by molar-refractivity contribution is 5.85. The summed E-state index contributed by atoms with van der Waals surface area (Å²) in [5, 5.41) is 8.78. The maximum atomic E-state index is 8.78. The molecule has 2 nitrogen and oxygen atoms in total. The van der Waals surface area contributed by atoms with Crippen LogP contribution >= 0.6 is 12.4 Å². The van der Waals surface area contributed by atoms with E-state index >= 15 is 0 Å². The Hall–Kier alpha value is -0.570. The third-order valence-corrected chi connectivity index (χ3v) is 1.29. The van der Waals surface area contributed by atoms with Crippen LogP contribution in [-0.2, 0) is 6.42 Å². The largest absolute Gasteiger partial charge is 0.378 e. The zero-order valence-corrected chi connectivity index (χ0v) is 6.92. The van der Waals surface area contributed by atoms with E-state index in [4.69, 9.17) is 10.8 Å². The van der Waals surface area contributed by atoms with Crippen molar-refractivity contribution in [3.63, 3.8) is 0 Å². The van der Waals surface area contributed by atoms with Crippen LogP contribution in [0.4, 0.5) is 0 Å². The van der Waals surface area contributed by atoms with Gasteiger partial charge in [-0.3, -0.25) is 0 Å². The SMILES string of the molecule is Cl.NC(O)Cc1ccccc1. The predicted molar refractivity (Wildman–Crippen MR) is 47.6 cm³/mol. The number of rotatable bonds is 2. The lowest BCUT2D eigenvalue weighted by molar-refractivity contribution is 0.183. The zero-order chi connectivity index (χ0) is 7.40. The molecule has 0 aromatic heterocycles. The molecule has 62 valence electrons. The Balaban J connectivity index is 0.000001000. The van der Waals surface area contributed by atoms with Gasteiger partial charge in [0, 0.05) is 6.42 Å². The summed E-state index contributed by atoms with van der Waals surface area (Å²) < 4.78 is 0. The average molecular weight is 174 g/mol. The molecule has 1 aromatic carbocycles. The molecule has 1 aromatic rings. The molecule has 0 heterocycles. The molecule has 0 saturated carbocycles. The number of halogens is 1. The second kappa shape index (κ2) is 5.13. The van der Waals surface area contributed by atoms with Gasteiger partial charge in [-0.15, -0.1) is 12.4 Å². The highest BCUT2D eigenvalue weighted by Crippen LogP contribution is 1.99. The van der Waals surface area contributed by atoms with E-state index in [-0.39, 0.29) is 12.4 Å². The van der Waals surface area contributed by atoms with Gasteiger partial charge < -0.3 is 10.8 Å². The van der Waals surface area contributed by atoms with Crippen LogP contribution in [0.2, 0.25) is 0 Å². The predicted octanol–water partition coefficient (Wildman–Crippen LogP) is 0.928. The van der Waals surface area contributed by atoms with Gasteiger partial charge in [0.1, 0.15) is 6.23 Å². The summed E-state index contributed by atoms with van der Waals surface area (Å²) in [5.41, 5.74) is 6.25. The Labute approximate surface area is 72.4 Å². The number of nitrogens with two attached hydrogens (primary N) is 1. The summed E-state index contributed by atoms with van der Waals surface area (Å²) in [6.45, 7) is 0. The van der Waals surface area contributed by atoms with Crippen LogP contribution in [0, 0.1) is 0 Å². The number of aliphatic hydroxyl groups excluding tert-OH is 1. The van der Waals surface area contributed by atoms with Gasteiger partial charge in [-0.1, -0.05) is 30.3 Å². The molecule has 0 aliphatic carbocycles. The normalized spacial score (nSPS) is 11.8. The molecule has 0 fully saturated rings. The fourth-order valence-corrected chi connectivity index (χ4v) is 0.856. The van der Waals surface area contributed by atoms with Crippen molar-refractivity contribution >= 4 is 12.4 Å². The van der Waals surface area contributed by atoms with E-state index in [1.54, 1.807) is 0 Å². The van der Waals surface area contributed by atoms with Gasteiger partial charge in [-0.25, -0.2) is 0 Å². The highest BCUT2D eigenvalue weighted by atomic mass is 35.5. The molecule has 0 aliphatic heterocycles. The summed E-state index contributed by atoms with van der Waals surface area (Å²) in [5.74, 6) is 0. The van der Waals surface area contributed by atoms with Gasteiger partial charge in [0.25, 0.3) is 0 Å². The monoisotopic (exact) mass is 173 g/mol. The van der Waals surface area contributed by atoms with E-state index in [1.807, 2.05) is 30.3 Å². The summed E-state index contributed by atoms with van der Waals surface area (Å²) in [6.07, 6.45) is -0.205. The highest BCUT2D eigenvalue weighted by Gasteiger charge is 1.95. The summed E-state index contributed by atoms with van der Waals surface area (Å²) in [6, 6.07) is 9.67. The molecule has 3 heteroatoms. The van der Waals surface area contributed by atoms with Gasteiger partial charge in [0.15, 0.2) is 0 Å². The fourth-order valence-electron chi connectivity index (χ4n) is 0.856. The third kappa shape index (κ3) is 3.98. The second-order valence-electron chi connectivity index (χ2n) is 2.26. The summed E-state index contributed by atoms with van der Waals surface area (Å²) in [4.78, 5) is 0. The first-order valence-electron chi connectivity index (χ1n) is 3.26. The molecule has 11 heavy (non-hydrogen) atoms. The maximum Gasteiger partial charge on any atom is 0.106 e. The number of aliphatic hydroxyl groups is 1. The van der Waals surface area contributed by atoms with Crippen LogP contribution in [0.25, 0.3) is 0 Å². The molecule has 0 radical (unpaired) electrons. The lowest BCUT2D eigenvalue weighted by Gasteiger charge is -2.02. The Morgan fingerprint density at radius 2 is 1.82 bits per heavy atom. The molecule has 0 aliphatic rings. The van der Waals surface area contributed by atoms with E-state index in [1.165, 1.54) is 0 Å². The average Bonchev–Trinajstić information content (AvgIpc) is 1.88. The molecule has 1 unspecified atom stereocenters. The second-order valence-corrected chi connectivity index (χ2v) is 2.26. The minimum Gasteiger partial charge on any atom is -0.378 e. The van der Waals surface area contributed by atoms with Gasteiger partial charge in [0.05, 0.1) is 0 Å². The molecule has 0 saturated heterocycles. The Morgan fingerprint density at radius 1 is 1.27 bits per heavy atom. The van der Waals surface area contributed by atoms with Gasteiger partial charge in [-0.2, -0.15) is 0 Å². The van der Waals surface area contributed by atoms with Crippen molar-refractivity contribution in [2.45, 2.75) is 12.6 Å². The lowest BCUT2D eigenvalue weighted by atomic mass is 10.1. The van der Waals surface area contributed by atoms with Crippen molar-refractivity contribution in [1.82, 2.24) is 0 Å². The van der Waals surface area contributed by atoms with E-state index in [0.29, 0.717) is 6.42 Å². The van der Waals surface area contributed by atoms with Crippen molar-refractivity contribution in [3.05, 3.63) is 35.9 Å². The molecule has 0 spiro atoms. The van der Waals surface area contributed by atoms with Crippen LogP contribution < -0.4 is 5.73 Å². The summed E-state index contributed by atoms with van der Waals surface area (Å²) >= 11 is 0. The van der Waals surface area contributed by atoms with Crippen LogP contribution in [0.1, 0.15) is 5.56 Å². The number of hydrogen-bond donors (Lipinski definition) is 2. The van der Waals surface area contributed by atoms with Crippen LogP contribution in [-0.4, -0.2) is 11.3 Å². The van der Waals surface area contributed by atoms with Gasteiger partial charge >= 0.3 is 0 Å². The minimum absolute atomic E-state index is 0. The van der Waals surface area contributed by atoms with Crippen molar-refractivity contribution in [2.75, 3.05) is 0 Å². The number of benzene rings is 1. The zero-order valence-electron chi connectivity index (χ0n) is 6.10. The van der Waals surface area contributed by atoms with E-state index in [2.05, 4.69) is 0 Å². The molecule has 1 rings (SSSR count). The molecule has 1 atom stereocenters. The maximum absolute atomic E-state index is 8.78. The van der Waals surface area contributed by atoms with Crippen LogP contribution in [0.5, 0.6) is 0 Å². The van der Waals surface area contributed by atoms with Crippen molar-refractivity contribution in [2.24, 2.45) is 5.73 Å². The summed E-state index contributed by atoms with van der Waals surface area (Å²) in [7, 11) is 0. The first kappa shape index (κ1) is 10.4. The van der Waals surface area contributed by atoms with Crippen molar-refractivity contribution in [1.29, 1.82) is 0 Å². The van der Waals surface area contributed by atoms with Gasteiger partial charge in [0.2, 0.25) is 0 Å². The Kier molecular flexibility index (Phi) is 4.86. The quantitative estimate of drug-likeness (QED) is 0.654. The first-order chi connectivity index (χ1) is 4.79. The third-order valence-electron chi connectivity index (χ3n) is 1.29. The lowest BCUT2D eigenvalue weighted by Crippen LogP contribution is -2.21. The molecule has 0 amide bonds. The van der Waals surface area contributed by atoms with Crippen LogP contribution in [0.3, 0.4) is 0 Å². The van der Waals surface area contributed by atoms with E-state index < -0.39 is 6.23 Å². The van der Waals surface area contributed by atoms with E-state index in [9.17, 15) is 0 Å². The molecule has 0 bridgehead atoms. The Bertz CT molecular complexity index is 189. The minimum atomic E-state index is -0.734. The molecular weight excluding hydrogens is 162 g/mol.